The molecule has 3 rings (SSSR count). The van der Waals surface area contributed by atoms with Crippen molar-refractivity contribution in [2.24, 2.45) is 5.92 Å². The van der Waals surface area contributed by atoms with Crippen LogP contribution in [0.1, 0.15) is 46.4 Å². The second-order valence-electron chi connectivity index (χ2n) is 7.04. The number of hydrogen-bond acceptors (Lipinski definition) is 1. The van der Waals surface area contributed by atoms with Gasteiger partial charge in [0.2, 0.25) is 0 Å². The minimum absolute atomic E-state index is 0.0292. The summed E-state index contributed by atoms with van der Waals surface area (Å²) in [6.07, 6.45) is 0.336. The van der Waals surface area contributed by atoms with Crippen LogP contribution in [0.4, 0.5) is 13.2 Å². The Balaban J connectivity index is 1.62. The molecule has 1 aliphatic rings. The van der Waals surface area contributed by atoms with Crippen LogP contribution in [0, 0.1) is 12.8 Å². The van der Waals surface area contributed by atoms with Crippen molar-refractivity contribution in [3.05, 3.63) is 58.9 Å². The van der Waals surface area contributed by atoms with Gasteiger partial charge in [-0.25, -0.2) is 0 Å². The first kappa shape index (κ1) is 18.5. The zero-order valence-electron chi connectivity index (χ0n) is 14.8. The van der Waals surface area contributed by atoms with Crippen LogP contribution in [0.3, 0.4) is 0 Å². The van der Waals surface area contributed by atoms with Crippen LogP contribution in [-0.4, -0.2) is 28.9 Å². The van der Waals surface area contributed by atoms with Gasteiger partial charge in [0.25, 0.3) is 5.91 Å². The first-order valence-corrected chi connectivity index (χ1v) is 8.94. The van der Waals surface area contributed by atoms with Crippen molar-refractivity contribution in [1.29, 1.82) is 0 Å². The maximum atomic E-state index is 13.1. The van der Waals surface area contributed by atoms with Crippen LogP contribution >= 0.6 is 0 Å². The van der Waals surface area contributed by atoms with Crippen LogP contribution < -0.4 is 0 Å². The number of rotatable bonds is 4. The highest BCUT2D eigenvalue weighted by molar-refractivity contribution is 5.92. The molecule has 0 radical (unpaired) electrons. The number of aryl methyl sites for hydroxylation is 2. The summed E-state index contributed by atoms with van der Waals surface area (Å²) in [5.41, 5.74) is 1.37. The maximum Gasteiger partial charge on any atom is 0.416 e. The molecule has 6 heteroatoms. The lowest BCUT2D eigenvalue weighted by atomic mass is 9.90. The highest BCUT2D eigenvalue weighted by Gasteiger charge is 2.33. The van der Waals surface area contributed by atoms with E-state index in [4.69, 9.17) is 0 Å². The molecule has 0 unspecified atom stereocenters. The Hall–Kier alpha value is -2.24. The van der Waals surface area contributed by atoms with Crippen molar-refractivity contribution in [3.8, 4) is 0 Å². The van der Waals surface area contributed by atoms with Gasteiger partial charge in [-0.15, -0.1) is 0 Å². The normalized spacial score (nSPS) is 18.2. The van der Waals surface area contributed by atoms with Gasteiger partial charge in [0.05, 0.1) is 5.56 Å². The Morgan fingerprint density at radius 2 is 2.08 bits per heavy atom. The highest BCUT2D eigenvalue weighted by Crippen LogP contribution is 2.33. The molecule has 0 spiro atoms. The minimum atomic E-state index is -4.32. The molecule has 0 aliphatic carbocycles. The third kappa shape index (κ3) is 4.29. The molecule has 1 atom stereocenters. The SMILES string of the molecule is Cc1c[nH]c(C(=O)N2CCC[C@@H](CCc3ccccc3C(F)(F)F)C2)c1. The molecule has 1 fully saturated rings. The molecule has 1 N–H and O–H groups in total. The minimum Gasteiger partial charge on any atom is -0.357 e. The second-order valence-corrected chi connectivity index (χ2v) is 7.04. The van der Waals surface area contributed by atoms with Gasteiger partial charge in [-0.05, 0) is 61.8 Å². The van der Waals surface area contributed by atoms with E-state index in [0.29, 0.717) is 37.2 Å². The van der Waals surface area contributed by atoms with Gasteiger partial charge < -0.3 is 9.88 Å². The van der Waals surface area contributed by atoms with E-state index in [9.17, 15) is 18.0 Å². The number of piperidine rings is 1. The molecule has 140 valence electrons. The molecule has 1 aromatic carbocycles. The number of carbonyl (C=O) groups excluding carboxylic acids is 1. The van der Waals surface area contributed by atoms with E-state index in [2.05, 4.69) is 4.98 Å². The number of hydrogen-bond donors (Lipinski definition) is 1. The van der Waals surface area contributed by atoms with Crippen molar-refractivity contribution >= 4 is 5.91 Å². The zero-order valence-corrected chi connectivity index (χ0v) is 14.8. The van der Waals surface area contributed by atoms with Gasteiger partial charge in [0.1, 0.15) is 5.69 Å². The number of nitrogens with zero attached hydrogens (tertiary/aromatic N) is 1. The van der Waals surface area contributed by atoms with Crippen LogP contribution in [-0.2, 0) is 12.6 Å². The lowest BCUT2D eigenvalue weighted by molar-refractivity contribution is -0.138. The zero-order chi connectivity index (χ0) is 18.7. The van der Waals surface area contributed by atoms with Gasteiger partial charge in [0, 0.05) is 19.3 Å². The van der Waals surface area contributed by atoms with Crippen molar-refractivity contribution < 1.29 is 18.0 Å². The number of benzene rings is 1. The van der Waals surface area contributed by atoms with Crippen LogP contribution in [0.2, 0.25) is 0 Å². The second kappa shape index (κ2) is 7.56. The standard InChI is InChI=1S/C20H23F3N2O/c1-14-11-18(24-12-14)19(26)25-10-4-5-15(13-25)8-9-16-6-2-3-7-17(16)20(21,22)23/h2-3,6-7,11-12,15,24H,4-5,8-10,13H2,1H3/t15-/m0/s1. The number of halogens is 3. The first-order valence-electron chi connectivity index (χ1n) is 8.94. The Bertz CT molecular complexity index is 766. The van der Waals surface area contributed by atoms with E-state index in [0.717, 1.165) is 24.5 Å². The average molecular weight is 364 g/mol. The number of likely N-dealkylation sites (tertiary alicyclic amines) is 1. The van der Waals surface area contributed by atoms with Gasteiger partial charge in [0.15, 0.2) is 0 Å². The summed E-state index contributed by atoms with van der Waals surface area (Å²) in [6, 6.07) is 7.59. The summed E-state index contributed by atoms with van der Waals surface area (Å²) in [5, 5.41) is 0. The predicted octanol–water partition coefficient (Wildman–Crippen LogP) is 4.83. The van der Waals surface area contributed by atoms with Gasteiger partial charge in [-0.3, -0.25) is 4.79 Å². The van der Waals surface area contributed by atoms with Crippen LogP contribution in [0.5, 0.6) is 0 Å². The van der Waals surface area contributed by atoms with E-state index < -0.39 is 11.7 Å². The molecular weight excluding hydrogens is 341 g/mol. The highest BCUT2D eigenvalue weighted by atomic mass is 19.4. The van der Waals surface area contributed by atoms with E-state index >= 15 is 0 Å². The number of H-pyrrole nitrogens is 1. The Morgan fingerprint density at radius 1 is 1.31 bits per heavy atom. The molecule has 1 amide bonds. The molecule has 0 bridgehead atoms. The van der Waals surface area contributed by atoms with Crippen molar-refractivity contribution in [3.63, 3.8) is 0 Å². The molecule has 2 aromatic rings. The van der Waals surface area contributed by atoms with Crippen LogP contribution in [0.25, 0.3) is 0 Å². The van der Waals surface area contributed by atoms with Gasteiger partial charge in [-0.1, -0.05) is 18.2 Å². The van der Waals surface area contributed by atoms with Crippen molar-refractivity contribution in [1.82, 2.24) is 9.88 Å². The molecule has 1 aromatic heterocycles. The van der Waals surface area contributed by atoms with Gasteiger partial charge >= 0.3 is 6.18 Å². The average Bonchev–Trinajstić information content (AvgIpc) is 3.05. The fourth-order valence-electron chi connectivity index (χ4n) is 3.66. The third-order valence-corrected chi connectivity index (χ3v) is 5.01. The largest absolute Gasteiger partial charge is 0.416 e. The van der Waals surface area contributed by atoms with E-state index in [1.807, 2.05) is 17.9 Å². The fourth-order valence-corrected chi connectivity index (χ4v) is 3.66. The monoisotopic (exact) mass is 364 g/mol. The smallest absolute Gasteiger partial charge is 0.357 e. The number of carbonyl (C=O) groups is 1. The Kier molecular flexibility index (Phi) is 5.39. The summed E-state index contributed by atoms with van der Waals surface area (Å²) in [6.45, 7) is 3.22. The Labute approximate surface area is 151 Å². The van der Waals surface area contributed by atoms with E-state index in [-0.39, 0.29) is 11.8 Å². The first-order chi connectivity index (χ1) is 12.3. The molecule has 26 heavy (non-hydrogen) atoms. The number of amides is 1. The van der Waals surface area contributed by atoms with E-state index in [1.54, 1.807) is 18.3 Å². The third-order valence-electron chi connectivity index (χ3n) is 5.01. The summed E-state index contributed by atoms with van der Waals surface area (Å²) in [4.78, 5) is 17.4. The summed E-state index contributed by atoms with van der Waals surface area (Å²) < 4.78 is 39.3. The topological polar surface area (TPSA) is 36.1 Å². The predicted molar refractivity (Wildman–Crippen MR) is 93.9 cm³/mol. The van der Waals surface area contributed by atoms with Gasteiger partial charge in [-0.2, -0.15) is 13.2 Å². The molecule has 3 nitrogen and oxygen atoms in total. The van der Waals surface area contributed by atoms with Crippen LogP contribution in [0.15, 0.2) is 36.5 Å². The Morgan fingerprint density at radius 3 is 2.77 bits per heavy atom. The quantitative estimate of drug-likeness (QED) is 0.829. The lowest BCUT2D eigenvalue weighted by Crippen LogP contribution is -2.40. The van der Waals surface area contributed by atoms with Crippen molar-refractivity contribution in [2.45, 2.75) is 38.8 Å². The fraction of sp³-hybridized carbons (Fsp3) is 0.450. The summed E-state index contributed by atoms with van der Waals surface area (Å²) in [5.74, 6) is 0.198. The molecule has 0 saturated carbocycles. The van der Waals surface area contributed by atoms with Crippen molar-refractivity contribution in [2.75, 3.05) is 13.1 Å². The molecule has 1 saturated heterocycles. The number of alkyl halides is 3. The number of nitrogens with one attached hydrogen (secondary N) is 1. The van der Waals surface area contributed by atoms with E-state index in [1.165, 1.54) is 6.07 Å². The maximum absolute atomic E-state index is 13.1. The summed E-state index contributed by atoms with van der Waals surface area (Å²) >= 11 is 0. The molecular formula is C20H23F3N2O. The molecule has 2 heterocycles. The molecule has 1 aliphatic heterocycles. The summed E-state index contributed by atoms with van der Waals surface area (Å²) in [7, 11) is 0. The lowest BCUT2D eigenvalue weighted by Gasteiger charge is -2.32. The number of aromatic amines is 1. The number of aromatic nitrogens is 1.